The summed E-state index contributed by atoms with van der Waals surface area (Å²) in [5.41, 5.74) is -2.91. The van der Waals surface area contributed by atoms with E-state index in [0.717, 1.165) is 24.3 Å². The highest BCUT2D eigenvalue weighted by Gasteiger charge is 2.47. The number of nitrogens with zero attached hydrogens (tertiary/aromatic N) is 1. The molecule has 1 aliphatic rings. The van der Waals surface area contributed by atoms with Gasteiger partial charge in [-0.3, -0.25) is 4.79 Å². The van der Waals surface area contributed by atoms with Gasteiger partial charge in [0.2, 0.25) is 5.91 Å². The molecule has 1 N–H and O–H groups in total. The first-order chi connectivity index (χ1) is 13.5. The number of nitriles is 1. The zero-order chi connectivity index (χ0) is 21.4. The zero-order valence-corrected chi connectivity index (χ0v) is 15.6. The summed E-state index contributed by atoms with van der Waals surface area (Å²) < 4.78 is 79.4. The van der Waals surface area contributed by atoms with Gasteiger partial charge in [-0.05, 0) is 48.7 Å². The van der Waals surface area contributed by atoms with Crippen molar-refractivity contribution in [2.24, 2.45) is 0 Å². The van der Waals surface area contributed by atoms with Crippen molar-refractivity contribution in [1.29, 1.82) is 5.26 Å². The highest BCUT2D eigenvalue weighted by molar-refractivity contribution is 7.90. The minimum Gasteiger partial charge on any atom is -0.273 e. The fraction of sp³-hybridized carbons (Fsp3) is 0.263. The second kappa shape index (κ2) is 7.15. The molecule has 1 saturated carbocycles. The number of halogens is 4. The summed E-state index contributed by atoms with van der Waals surface area (Å²) in [5.74, 6) is -1.42. The molecule has 2 aromatic rings. The lowest BCUT2D eigenvalue weighted by atomic mass is 9.64. The van der Waals surface area contributed by atoms with Crippen LogP contribution in [0.2, 0.25) is 0 Å². The van der Waals surface area contributed by atoms with Gasteiger partial charge in [0.25, 0.3) is 10.0 Å². The average Bonchev–Trinajstić information content (AvgIpc) is 2.60. The van der Waals surface area contributed by atoms with E-state index < -0.39 is 49.4 Å². The van der Waals surface area contributed by atoms with E-state index in [1.165, 1.54) is 18.2 Å². The van der Waals surface area contributed by atoms with Crippen LogP contribution in [0, 0.1) is 17.1 Å². The number of nitrogens with one attached hydrogen (secondary N) is 1. The molecule has 0 spiro atoms. The van der Waals surface area contributed by atoms with Crippen LogP contribution >= 0.6 is 0 Å². The Morgan fingerprint density at radius 2 is 1.72 bits per heavy atom. The maximum atomic E-state index is 13.2. The monoisotopic (exact) mass is 426 g/mol. The van der Waals surface area contributed by atoms with Crippen LogP contribution in [-0.2, 0) is 26.4 Å². The van der Waals surface area contributed by atoms with Gasteiger partial charge in [0, 0.05) is 0 Å². The lowest BCUT2D eigenvalue weighted by Gasteiger charge is -2.40. The molecule has 0 saturated heterocycles. The standard InChI is InChI=1S/C19H14F4N2O3S/c20-14-5-3-13(4-6-14)18(8-1-9-18)17(26)25-29(27,28)15-7-2-12(11-24)16(10-15)19(21,22)23/h2-7,10H,1,8-9H2,(H,25,26). The summed E-state index contributed by atoms with van der Waals surface area (Å²) in [6, 6.07) is 8.29. The Kier molecular flexibility index (Phi) is 5.13. The van der Waals surface area contributed by atoms with Crippen LogP contribution in [0.15, 0.2) is 47.4 Å². The van der Waals surface area contributed by atoms with Gasteiger partial charge in [-0.15, -0.1) is 0 Å². The van der Waals surface area contributed by atoms with Crippen LogP contribution in [0.4, 0.5) is 17.6 Å². The van der Waals surface area contributed by atoms with Crippen LogP contribution in [0.5, 0.6) is 0 Å². The maximum absolute atomic E-state index is 13.2. The van der Waals surface area contributed by atoms with E-state index in [-0.39, 0.29) is 0 Å². The second-order valence-corrected chi connectivity index (χ2v) is 8.38. The second-order valence-electron chi connectivity index (χ2n) is 6.69. The molecule has 1 amide bonds. The van der Waals surface area contributed by atoms with Gasteiger partial charge in [0.1, 0.15) is 5.82 Å². The van der Waals surface area contributed by atoms with E-state index >= 15 is 0 Å². The molecule has 10 heteroatoms. The molecule has 0 heterocycles. The van der Waals surface area contributed by atoms with Crippen molar-refractivity contribution in [2.75, 3.05) is 0 Å². The number of carbonyl (C=O) groups is 1. The number of carbonyl (C=O) groups excluding carboxylic acids is 1. The molecule has 0 aliphatic heterocycles. The SMILES string of the molecule is N#Cc1ccc(S(=O)(=O)NC(=O)C2(c3ccc(F)cc3)CCC2)cc1C(F)(F)F. The number of hydrogen-bond acceptors (Lipinski definition) is 4. The number of benzene rings is 2. The lowest BCUT2D eigenvalue weighted by Crippen LogP contribution is -2.50. The molecule has 0 radical (unpaired) electrons. The largest absolute Gasteiger partial charge is 0.417 e. The van der Waals surface area contributed by atoms with Crippen molar-refractivity contribution in [1.82, 2.24) is 4.72 Å². The van der Waals surface area contributed by atoms with E-state index in [2.05, 4.69) is 0 Å². The van der Waals surface area contributed by atoms with Gasteiger partial charge in [0.05, 0.1) is 27.5 Å². The van der Waals surface area contributed by atoms with E-state index in [9.17, 15) is 30.8 Å². The van der Waals surface area contributed by atoms with Crippen molar-refractivity contribution in [2.45, 2.75) is 35.7 Å². The molecule has 0 unspecified atom stereocenters. The highest BCUT2D eigenvalue weighted by Crippen LogP contribution is 2.44. The minimum absolute atomic E-state index is 0.319. The fourth-order valence-electron chi connectivity index (χ4n) is 3.25. The van der Waals surface area contributed by atoms with E-state index in [0.29, 0.717) is 30.9 Å². The number of rotatable bonds is 4. The Labute approximate surface area is 164 Å². The summed E-state index contributed by atoms with van der Waals surface area (Å²) >= 11 is 0. The first kappa shape index (κ1) is 20.8. The summed E-state index contributed by atoms with van der Waals surface area (Å²) in [7, 11) is -4.63. The first-order valence-electron chi connectivity index (χ1n) is 8.44. The molecular weight excluding hydrogens is 412 g/mol. The van der Waals surface area contributed by atoms with Crippen LogP contribution in [0.1, 0.15) is 36.0 Å². The Hall–Kier alpha value is -2.93. The molecule has 2 aromatic carbocycles. The normalized spacial score (nSPS) is 15.8. The Morgan fingerprint density at radius 1 is 1.10 bits per heavy atom. The first-order valence-corrected chi connectivity index (χ1v) is 9.92. The third-order valence-corrected chi connectivity index (χ3v) is 6.32. The highest BCUT2D eigenvalue weighted by atomic mass is 32.2. The molecule has 1 fully saturated rings. The topological polar surface area (TPSA) is 87.0 Å². The van der Waals surface area contributed by atoms with Gasteiger partial charge in [-0.25, -0.2) is 17.5 Å². The zero-order valence-electron chi connectivity index (χ0n) is 14.8. The molecule has 5 nitrogen and oxygen atoms in total. The van der Waals surface area contributed by atoms with Gasteiger partial charge >= 0.3 is 6.18 Å². The predicted octanol–water partition coefficient (Wildman–Crippen LogP) is 3.64. The van der Waals surface area contributed by atoms with Gasteiger partial charge in [-0.2, -0.15) is 18.4 Å². The summed E-state index contributed by atoms with van der Waals surface area (Å²) in [6.45, 7) is 0. The van der Waals surface area contributed by atoms with E-state index in [4.69, 9.17) is 5.26 Å². The Balaban J connectivity index is 1.94. The van der Waals surface area contributed by atoms with Crippen molar-refractivity contribution in [3.05, 3.63) is 65.0 Å². The van der Waals surface area contributed by atoms with Crippen molar-refractivity contribution in [3.8, 4) is 6.07 Å². The number of sulfonamides is 1. The summed E-state index contributed by atoms with van der Waals surface area (Å²) in [6.07, 6.45) is -3.66. The van der Waals surface area contributed by atoms with Crippen LogP contribution in [-0.4, -0.2) is 14.3 Å². The van der Waals surface area contributed by atoms with Gasteiger partial charge in [-0.1, -0.05) is 18.6 Å². The number of hydrogen-bond donors (Lipinski definition) is 1. The molecule has 0 aromatic heterocycles. The Bertz CT molecular complexity index is 1100. The minimum atomic E-state index is -4.94. The van der Waals surface area contributed by atoms with Crippen LogP contribution < -0.4 is 4.72 Å². The van der Waals surface area contributed by atoms with Crippen molar-refractivity contribution >= 4 is 15.9 Å². The van der Waals surface area contributed by atoms with Crippen LogP contribution in [0.25, 0.3) is 0 Å². The predicted molar refractivity (Wildman–Crippen MR) is 93.4 cm³/mol. The number of alkyl halides is 3. The van der Waals surface area contributed by atoms with Crippen molar-refractivity contribution < 1.29 is 30.8 Å². The molecule has 152 valence electrons. The van der Waals surface area contributed by atoms with Crippen molar-refractivity contribution in [3.63, 3.8) is 0 Å². The number of amides is 1. The molecular formula is C19H14F4N2O3S. The summed E-state index contributed by atoms with van der Waals surface area (Å²) in [5, 5.41) is 8.82. The Morgan fingerprint density at radius 3 is 2.21 bits per heavy atom. The molecule has 3 rings (SSSR count). The van der Waals surface area contributed by atoms with Gasteiger partial charge in [0.15, 0.2) is 0 Å². The summed E-state index contributed by atoms with van der Waals surface area (Å²) in [4.78, 5) is 12.0. The lowest BCUT2D eigenvalue weighted by molar-refractivity contribution is -0.138. The quantitative estimate of drug-likeness (QED) is 0.757. The molecule has 29 heavy (non-hydrogen) atoms. The molecule has 1 aliphatic carbocycles. The third kappa shape index (κ3) is 3.82. The smallest absolute Gasteiger partial charge is 0.273 e. The maximum Gasteiger partial charge on any atom is 0.417 e. The average molecular weight is 426 g/mol. The van der Waals surface area contributed by atoms with Crippen LogP contribution in [0.3, 0.4) is 0 Å². The van der Waals surface area contributed by atoms with E-state index in [1.54, 1.807) is 0 Å². The third-order valence-electron chi connectivity index (χ3n) is 4.99. The van der Waals surface area contributed by atoms with Gasteiger partial charge < -0.3 is 0 Å². The van der Waals surface area contributed by atoms with E-state index in [1.807, 2.05) is 4.72 Å². The molecule has 0 atom stereocenters. The molecule has 0 bridgehead atoms. The fourth-order valence-corrected chi connectivity index (χ4v) is 4.32.